The highest BCUT2D eigenvalue weighted by Crippen LogP contribution is 2.28. The molecule has 4 nitrogen and oxygen atoms in total. The molecule has 8 heteroatoms. The van der Waals surface area contributed by atoms with Crippen molar-refractivity contribution >= 4 is 61.3 Å². The zero-order chi connectivity index (χ0) is 16.1. The molecule has 0 aliphatic rings. The van der Waals surface area contributed by atoms with Gasteiger partial charge >= 0.3 is 0 Å². The fourth-order valence-electron chi connectivity index (χ4n) is 1.78. The van der Waals surface area contributed by atoms with E-state index in [-0.39, 0.29) is 5.78 Å². The van der Waals surface area contributed by atoms with Crippen molar-refractivity contribution in [3.63, 3.8) is 0 Å². The van der Waals surface area contributed by atoms with Crippen LogP contribution in [0.2, 0.25) is 0 Å². The molecule has 0 atom stereocenters. The number of hydrogen-bond donors (Lipinski definition) is 1. The average Bonchev–Trinajstić information content (AvgIpc) is 3.21. The molecule has 0 aliphatic carbocycles. The molecule has 0 unspecified atom stereocenters. The number of thioether (sulfide) groups is 1. The molecule has 0 amide bonds. The summed E-state index contributed by atoms with van der Waals surface area (Å²) in [7, 11) is 0. The van der Waals surface area contributed by atoms with Crippen molar-refractivity contribution in [2.45, 2.75) is 10.9 Å². The van der Waals surface area contributed by atoms with Gasteiger partial charge in [-0.3, -0.25) is 4.79 Å². The van der Waals surface area contributed by atoms with E-state index in [9.17, 15) is 4.79 Å². The highest BCUT2D eigenvalue weighted by atomic mass is 79.9. The predicted molar refractivity (Wildman–Crippen MR) is 101 cm³/mol. The average molecular weight is 426 g/mol. The van der Waals surface area contributed by atoms with Gasteiger partial charge in [0.1, 0.15) is 0 Å². The van der Waals surface area contributed by atoms with Crippen LogP contribution in [0, 0.1) is 0 Å². The third-order valence-corrected chi connectivity index (χ3v) is 6.55. The first kappa shape index (κ1) is 16.6. The van der Waals surface area contributed by atoms with Crippen molar-refractivity contribution in [3.8, 4) is 0 Å². The third kappa shape index (κ3) is 4.87. The maximum absolute atomic E-state index is 12.1. The van der Waals surface area contributed by atoms with Crippen LogP contribution >= 0.6 is 50.4 Å². The number of nitrogens with one attached hydrogen (secondary N) is 1. The first-order chi connectivity index (χ1) is 11.2. The lowest BCUT2D eigenvalue weighted by molar-refractivity contribution is 0.102. The lowest BCUT2D eigenvalue weighted by Gasteiger charge is -2.00. The second-order valence-corrected chi connectivity index (χ2v) is 9.19. The molecule has 0 saturated heterocycles. The summed E-state index contributed by atoms with van der Waals surface area (Å²) in [5.41, 5.74) is 1.19. The highest BCUT2D eigenvalue weighted by molar-refractivity contribution is 9.11. The smallest absolute Gasteiger partial charge is 0.206 e. The number of hydrogen-bond acceptors (Lipinski definition) is 7. The monoisotopic (exact) mass is 425 g/mol. The summed E-state index contributed by atoms with van der Waals surface area (Å²) >= 11 is 7.71. The number of thiophene rings is 1. The van der Waals surface area contributed by atoms with Crippen LogP contribution in [0.5, 0.6) is 0 Å². The van der Waals surface area contributed by atoms with Crippen LogP contribution in [0.3, 0.4) is 0 Å². The fraction of sp³-hybridized carbons (Fsp3) is 0.133. The van der Waals surface area contributed by atoms with E-state index in [4.69, 9.17) is 0 Å². The van der Waals surface area contributed by atoms with Gasteiger partial charge in [-0.25, -0.2) is 0 Å². The largest absolute Gasteiger partial charge is 0.356 e. The van der Waals surface area contributed by atoms with Crippen LogP contribution < -0.4 is 5.32 Å². The van der Waals surface area contributed by atoms with E-state index in [1.165, 1.54) is 40.0 Å². The van der Waals surface area contributed by atoms with E-state index in [1.807, 2.05) is 30.3 Å². The predicted octanol–water partition coefficient (Wildman–Crippen LogP) is 4.95. The van der Waals surface area contributed by atoms with Crippen molar-refractivity contribution in [1.82, 2.24) is 10.2 Å². The molecule has 2 heterocycles. The van der Waals surface area contributed by atoms with Crippen molar-refractivity contribution in [3.05, 3.63) is 56.7 Å². The van der Waals surface area contributed by atoms with Gasteiger partial charge in [0.25, 0.3) is 0 Å². The van der Waals surface area contributed by atoms with Gasteiger partial charge in [0.15, 0.2) is 10.1 Å². The van der Waals surface area contributed by atoms with E-state index in [0.29, 0.717) is 12.3 Å². The molecule has 0 radical (unpaired) electrons. The van der Waals surface area contributed by atoms with E-state index >= 15 is 0 Å². The number of nitrogens with zero attached hydrogens (tertiary/aromatic N) is 2. The van der Waals surface area contributed by atoms with Crippen LogP contribution in [0.4, 0.5) is 5.13 Å². The van der Waals surface area contributed by atoms with Crippen molar-refractivity contribution in [1.29, 1.82) is 0 Å². The second-order valence-electron chi connectivity index (χ2n) is 4.53. The number of aromatic nitrogens is 2. The molecule has 3 rings (SSSR count). The highest BCUT2D eigenvalue weighted by Gasteiger charge is 2.11. The third-order valence-electron chi connectivity index (χ3n) is 2.87. The van der Waals surface area contributed by atoms with Crippen molar-refractivity contribution in [2.75, 3.05) is 11.1 Å². The molecule has 118 valence electrons. The Balaban J connectivity index is 1.50. The van der Waals surface area contributed by atoms with Crippen LogP contribution in [0.1, 0.15) is 15.2 Å². The number of halogens is 1. The number of ketones is 1. The summed E-state index contributed by atoms with van der Waals surface area (Å²) in [6, 6.07) is 13.8. The Kier molecular flexibility index (Phi) is 5.82. The lowest BCUT2D eigenvalue weighted by atomic mass is 10.2. The van der Waals surface area contributed by atoms with Gasteiger partial charge in [-0.2, -0.15) is 0 Å². The topological polar surface area (TPSA) is 54.9 Å². The molecule has 2 aromatic heterocycles. The summed E-state index contributed by atoms with van der Waals surface area (Å²) in [6.07, 6.45) is 0. The SMILES string of the molecule is O=C(CSc1nnc(NCc2ccccc2)s1)c1ccc(Br)s1. The first-order valence-electron chi connectivity index (χ1n) is 6.73. The fourth-order valence-corrected chi connectivity index (χ4v) is 4.82. The Labute approximate surface area is 154 Å². The zero-order valence-corrected chi connectivity index (χ0v) is 15.9. The van der Waals surface area contributed by atoms with Crippen LogP contribution in [0.25, 0.3) is 0 Å². The Morgan fingerprint density at radius 2 is 1.96 bits per heavy atom. The molecule has 3 aromatic rings. The van der Waals surface area contributed by atoms with Gasteiger partial charge in [0, 0.05) is 6.54 Å². The molecular weight excluding hydrogens is 414 g/mol. The van der Waals surface area contributed by atoms with Crippen molar-refractivity contribution < 1.29 is 4.79 Å². The molecule has 0 bridgehead atoms. The van der Waals surface area contributed by atoms with Gasteiger partial charge in [-0.1, -0.05) is 53.4 Å². The second kappa shape index (κ2) is 8.05. The minimum Gasteiger partial charge on any atom is -0.356 e. The molecular formula is C15H12BrN3OS3. The molecule has 0 saturated carbocycles. The number of carbonyl (C=O) groups is 1. The molecule has 0 aliphatic heterocycles. The van der Waals surface area contributed by atoms with Gasteiger partial charge in [-0.05, 0) is 33.6 Å². The van der Waals surface area contributed by atoms with Gasteiger partial charge < -0.3 is 5.32 Å². The maximum atomic E-state index is 12.1. The Morgan fingerprint density at radius 3 is 2.70 bits per heavy atom. The van der Waals surface area contributed by atoms with Gasteiger partial charge in [-0.15, -0.1) is 21.5 Å². The normalized spacial score (nSPS) is 10.7. The summed E-state index contributed by atoms with van der Waals surface area (Å²) in [6.45, 7) is 0.711. The standard InChI is InChI=1S/C15H12BrN3OS3/c16-13-7-6-12(22-13)11(20)9-21-15-19-18-14(23-15)17-8-10-4-2-1-3-5-10/h1-7H,8-9H2,(H,17,18). The zero-order valence-electron chi connectivity index (χ0n) is 11.9. The molecule has 0 spiro atoms. The summed E-state index contributed by atoms with van der Waals surface area (Å²) in [5.74, 6) is 0.486. The Hall–Kier alpha value is -1.22. The van der Waals surface area contributed by atoms with Crippen molar-refractivity contribution in [2.24, 2.45) is 0 Å². The van der Waals surface area contributed by atoms with E-state index in [1.54, 1.807) is 0 Å². The lowest BCUT2D eigenvalue weighted by Crippen LogP contribution is -1.98. The maximum Gasteiger partial charge on any atom is 0.206 e. The van der Waals surface area contributed by atoms with Crippen LogP contribution in [-0.2, 0) is 6.54 Å². The Morgan fingerprint density at radius 1 is 1.13 bits per heavy atom. The molecule has 23 heavy (non-hydrogen) atoms. The number of carbonyl (C=O) groups excluding carboxylic acids is 1. The minimum absolute atomic E-state index is 0.111. The van der Waals surface area contributed by atoms with Gasteiger partial charge in [0.2, 0.25) is 5.13 Å². The van der Waals surface area contributed by atoms with E-state index in [0.717, 1.165) is 18.1 Å². The number of Topliss-reactive ketones (excluding diaryl/α,β-unsaturated/α-hetero) is 1. The quantitative estimate of drug-likeness (QED) is 0.428. The number of benzene rings is 1. The Bertz CT molecular complexity index is 788. The summed E-state index contributed by atoms with van der Waals surface area (Å²) in [5, 5.41) is 12.2. The summed E-state index contributed by atoms with van der Waals surface area (Å²) in [4.78, 5) is 12.8. The molecule has 1 aromatic carbocycles. The van der Waals surface area contributed by atoms with Crippen LogP contribution in [0.15, 0.2) is 50.6 Å². The number of anilines is 1. The molecule has 1 N–H and O–H groups in total. The number of rotatable bonds is 7. The first-order valence-corrected chi connectivity index (χ1v) is 10.1. The summed E-state index contributed by atoms with van der Waals surface area (Å²) < 4.78 is 1.76. The van der Waals surface area contributed by atoms with E-state index in [2.05, 4.69) is 43.6 Å². The van der Waals surface area contributed by atoms with E-state index < -0.39 is 0 Å². The molecule has 0 fully saturated rings. The van der Waals surface area contributed by atoms with Gasteiger partial charge in [0.05, 0.1) is 14.4 Å². The van der Waals surface area contributed by atoms with Crippen LogP contribution in [-0.4, -0.2) is 21.7 Å². The minimum atomic E-state index is 0.111.